The van der Waals surface area contributed by atoms with Crippen molar-refractivity contribution in [2.75, 3.05) is 27.2 Å². The van der Waals surface area contributed by atoms with Crippen molar-refractivity contribution >= 4 is 5.91 Å². The van der Waals surface area contributed by atoms with Crippen LogP contribution in [0, 0.1) is 5.82 Å². The zero-order valence-electron chi connectivity index (χ0n) is 15.1. The molecule has 0 bridgehead atoms. The molecule has 0 saturated carbocycles. The molecule has 1 amide bonds. The third-order valence-electron chi connectivity index (χ3n) is 4.96. The summed E-state index contributed by atoms with van der Waals surface area (Å²) >= 11 is 0. The Balaban J connectivity index is 1.74. The van der Waals surface area contributed by atoms with Crippen molar-refractivity contribution in [3.63, 3.8) is 0 Å². The Morgan fingerprint density at radius 3 is 2.54 bits per heavy atom. The van der Waals surface area contributed by atoms with E-state index in [2.05, 4.69) is 4.98 Å². The number of aromatic nitrogens is 1. The van der Waals surface area contributed by atoms with Gasteiger partial charge < -0.3 is 10.0 Å². The standard InChI is InChI=1S/C20H24FN3O2/c1-23(2)18(15-6-5-7-16(21)14-15)19(25)24-12-9-20(26,10-13-24)17-8-3-4-11-22-17/h3-8,11,14,18,26H,9-10,12-13H2,1-2H3/t18-/m1/s1. The van der Waals surface area contributed by atoms with Gasteiger partial charge in [-0.3, -0.25) is 14.7 Å². The van der Waals surface area contributed by atoms with Gasteiger partial charge in [-0.2, -0.15) is 0 Å². The number of pyridine rings is 1. The Kier molecular flexibility index (Phi) is 5.34. The summed E-state index contributed by atoms with van der Waals surface area (Å²) < 4.78 is 13.6. The number of nitrogens with zero attached hydrogens (tertiary/aromatic N) is 3. The quantitative estimate of drug-likeness (QED) is 0.913. The van der Waals surface area contributed by atoms with E-state index < -0.39 is 11.6 Å². The molecule has 1 aromatic carbocycles. The second-order valence-corrected chi connectivity index (χ2v) is 6.99. The van der Waals surface area contributed by atoms with Crippen LogP contribution in [0.3, 0.4) is 0 Å². The number of rotatable bonds is 4. The van der Waals surface area contributed by atoms with Crippen LogP contribution in [0.25, 0.3) is 0 Å². The minimum Gasteiger partial charge on any atom is -0.383 e. The molecule has 3 rings (SSSR count). The average Bonchev–Trinajstić information content (AvgIpc) is 2.63. The minimum atomic E-state index is -1.01. The monoisotopic (exact) mass is 357 g/mol. The van der Waals surface area contributed by atoms with Crippen LogP contribution < -0.4 is 0 Å². The van der Waals surface area contributed by atoms with Gasteiger partial charge in [-0.15, -0.1) is 0 Å². The predicted octanol–water partition coefficient (Wildman–Crippen LogP) is 2.33. The van der Waals surface area contributed by atoms with Crippen LogP contribution in [0.15, 0.2) is 48.7 Å². The summed E-state index contributed by atoms with van der Waals surface area (Å²) in [6.45, 7) is 0.872. The third-order valence-corrected chi connectivity index (χ3v) is 4.96. The summed E-state index contributed by atoms with van der Waals surface area (Å²) in [5.41, 5.74) is 0.261. The van der Waals surface area contributed by atoms with Gasteiger partial charge in [0.25, 0.3) is 0 Å². The second kappa shape index (κ2) is 7.51. The van der Waals surface area contributed by atoms with E-state index in [0.717, 1.165) is 0 Å². The van der Waals surface area contributed by atoms with Gasteiger partial charge >= 0.3 is 0 Å². The Labute approximate surface area is 153 Å². The summed E-state index contributed by atoms with van der Waals surface area (Å²) in [5, 5.41) is 10.9. The Bertz CT molecular complexity index is 759. The number of aliphatic hydroxyl groups is 1. The maximum Gasteiger partial charge on any atom is 0.244 e. The van der Waals surface area contributed by atoms with Gasteiger partial charge in [0.05, 0.1) is 5.69 Å². The van der Waals surface area contributed by atoms with Gasteiger partial charge in [-0.1, -0.05) is 18.2 Å². The van der Waals surface area contributed by atoms with Crippen molar-refractivity contribution in [2.24, 2.45) is 0 Å². The fourth-order valence-electron chi connectivity index (χ4n) is 3.50. The topological polar surface area (TPSA) is 56.7 Å². The number of hydrogen-bond donors (Lipinski definition) is 1. The zero-order chi connectivity index (χ0) is 18.7. The molecule has 1 aliphatic rings. The highest BCUT2D eigenvalue weighted by Crippen LogP contribution is 2.33. The molecule has 6 heteroatoms. The molecule has 1 aromatic heterocycles. The molecule has 138 valence electrons. The first-order valence-electron chi connectivity index (χ1n) is 8.75. The first-order chi connectivity index (χ1) is 12.4. The van der Waals surface area contributed by atoms with Crippen LogP contribution in [0.2, 0.25) is 0 Å². The van der Waals surface area contributed by atoms with Gasteiger partial charge in [0.1, 0.15) is 17.5 Å². The number of likely N-dealkylation sites (tertiary alicyclic amines) is 1. The summed E-state index contributed by atoms with van der Waals surface area (Å²) in [7, 11) is 3.61. The van der Waals surface area contributed by atoms with E-state index in [9.17, 15) is 14.3 Å². The number of benzene rings is 1. The first-order valence-corrected chi connectivity index (χ1v) is 8.75. The van der Waals surface area contributed by atoms with Crippen molar-refractivity contribution in [2.45, 2.75) is 24.5 Å². The van der Waals surface area contributed by atoms with Crippen molar-refractivity contribution in [3.8, 4) is 0 Å². The number of piperidine rings is 1. The van der Waals surface area contributed by atoms with E-state index in [1.54, 1.807) is 28.1 Å². The van der Waals surface area contributed by atoms with Crippen molar-refractivity contribution < 1.29 is 14.3 Å². The molecular weight excluding hydrogens is 333 g/mol. The molecule has 2 aromatic rings. The molecule has 1 N–H and O–H groups in total. The lowest BCUT2D eigenvalue weighted by Gasteiger charge is -2.40. The number of carbonyl (C=O) groups is 1. The first kappa shape index (κ1) is 18.5. The van der Waals surface area contributed by atoms with Crippen molar-refractivity contribution in [1.82, 2.24) is 14.8 Å². The maximum absolute atomic E-state index is 13.6. The van der Waals surface area contributed by atoms with Crippen LogP contribution in [-0.4, -0.2) is 53.0 Å². The van der Waals surface area contributed by atoms with E-state index in [1.807, 2.05) is 32.3 Å². The Hall–Kier alpha value is -2.31. The van der Waals surface area contributed by atoms with Gasteiger partial charge in [0.15, 0.2) is 0 Å². The van der Waals surface area contributed by atoms with E-state index in [1.165, 1.54) is 12.1 Å². The predicted molar refractivity (Wildman–Crippen MR) is 96.8 cm³/mol. The van der Waals surface area contributed by atoms with Crippen LogP contribution in [0.4, 0.5) is 4.39 Å². The molecule has 26 heavy (non-hydrogen) atoms. The molecular formula is C20H24FN3O2. The van der Waals surface area contributed by atoms with Crippen LogP contribution in [0.5, 0.6) is 0 Å². The second-order valence-electron chi connectivity index (χ2n) is 6.99. The molecule has 1 fully saturated rings. The van der Waals surface area contributed by atoms with Gasteiger partial charge in [-0.05, 0) is 56.8 Å². The molecule has 0 aliphatic carbocycles. The number of amides is 1. The van der Waals surface area contributed by atoms with E-state index in [0.29, 0.717) is 37.2 Å². The lowest BCUT2D eigenvalue weighted by molar-refractivity contribution is -0.141. The molecule has 0 unspecified atom stereocenters. The van der Waals surface area contributed by atoms with Crippen molar-refractivity contribution in [3.05, 3.63) is 65.7 Å². The van der Waals surface area contributed by atoms with Gasteiger partial charge in [0, 0.05) is 19.3 Å². The largest absolute Gasteiger partial charge is 0.383 e. The maximum atomic E-state index is 13.6. The summed E-state index contributed by atoms with van der Waals surface area (Å²) in [6, 6.07) is 11.1. The Morgan fingerprint density at radius 2 is 1.96 bits per heavy atom. The number of hydrogen-bond acceptors (Lipinski definition) is 4. The highest BCUT2D eigenvalue weighted by molar-refractivity contribution is 5.83. The number of carbonyl (C=O) groups excluding carboxylic acids is 1. The normalized spacial score (nSPS) is 18.0. The smallest absolute Gasteiger partial charge is 0.244 e. The van der Waals surface area contributed by atoms with Crippen molar-refractivity contribution in [1.29, 1.82) is 0 Å². The highest BCUT2D eigenvalue weighted by atomic mass is 19.1. The molecule has 5 nitrogen and oxygen atoms in total. The van der Waals surface area contributed by atoms with E-state index in [4.69, 9.17) is 0 Å². The van der Waals surface area contributed by atoms with Crippen LogP contribution >= 0.6 is 0 Å². The van der Waals surface area contributed by atoms with Gasteiger partial charge in [0.2, 0.25) is 5.91 Å². The highest BCUT2D eigenvalue weighted by Gasteiger charge is 2.38. The van der Waals surface area contributed by atoms with E-state index >= 15 is 0 Å². The fraction of sp³-hybridized carbons (Fsp3) is 0.400. The van der Waals surface area contributed by atoms with Crippen LogP contribution in [-0.2, 0) is 10.4 Å². The summed E-state index contributed by atoms with van der Waals surface area (Å²) in [6.07, 6.45) is 2.52. The molecule has 0 radical (unpaired) electrons. The molecule has 1 aliphatic heterocycles. The number of likely N-dealkylation sites (N-methyl/N-ethyl adjacent to an activating group) is 1. The van der Waals surface area contributed by atoms with E-state index in [-0.39, 0.29) is 11.7 Å². The summed E-state index contributed by atoms with van der Waals surface area (Å²) in [4.78, 5) is 20.9. The third kappa shape index (κ3) is 3.76. The molecule has 1 saturated heterocycles. The fourth-order valence-corrected chi connectivity index (χ4v) is 3.50. The Morgan fingerprint density at radius 1 is 1.23 bits per heavy atom. The molecule has 1 atom stereocenters. The minimum absolute atomic E-state index is 0.0799. The average molecular weight is 357 g/mol. The summed E-state index contributed by atoms with van der Waals surface area (Å²) in [5.74, 6) is -0.436. The van der Waals surface area contributed by atoms with Gasteiger partial charge in [-0.25, -0.2) is 4.39 Å². The van der Waals surface area contributed by atoms with Crippen LogP contribution in [0.1, 0.15) is 30.1 Å². The number of halogens is 1. The lowest BCUT2D eigenvalue weighted by atomic mass is 9.87. The zero-order valence-corrected chi connectivity index (χ0v) is 15.1. The molecule has 2 heterocycles. The SMILES string of the molecule is CN(C)[C@@H](C(=O)N1CCC(O)(c2ccccn2)CC1)c1cccc(F)c1. The lowest BCUT2D eigenvalue weighted by Crippen LogP contribution is -2.48. The molecule has 0 spiro atoms.